The lowest BCUT2D eigenvalue weighted by molar-refractivity contribution is -0.128. The van der Waals surface area contributed by atoms with Gasteiger partial charge in [-0.25, -0.2) is 0 Å². The lowest BCUT2D eigenvalue weighted by atomic mass is 10.4. The van der Waals surface area contributed by atoms with E-state index in [-0.39, 0.29) is 29.9 Å². The molecule has 0 fully saturated rings. The molecule has 0 bridgehead atoms. The van der Waals surface area contributed by atoms with Crippen molar-refractivity contribution in [1.82, 2.24) is 15.5 Å². The highest BCUT2D eigenvalue weighted by Gasteiger charge is 2.04. The van der Waals surface area contributed by atoms with Gasteiger partial charge >= 0.3 is 0 Å². The third kappa shape index (κ3) is 14.3. The summed E-state index contributed by atoms with van der Waals surface area (Å²) in [5.41, 5.74) is 0. The fourth-order valence-electron chi connectivity index (χ4n) is 1.45. The van der Waals surface area contributed by atoms with Crippen LogP contribution in [-0.2, 0) is 14.3 Å². The van der Waals surface area contributed by atoms with Gasteiger partial charge in [-0.05, 0) is 13.3 Å². The zero-order valence-electron chi connectivity index (χ0n) is 14.2. The van der Waals surface area contributed by atoms with Crippen molar-refractivity contribution in [2.75, 3.05) is 60.7 Å². The number of hydrogen-bond donors (Lipinski definition) is 2. The summed E-state index contributed by atoms with van der Waals surface area (Å²) in [6.07, 6.45) is 1.31. The number of methoxy groups -OCH3 is 1. The smallest absolute Gasteiger partial charge is 0.223 e. The van der Waals surface area contributed by atoms with E-state index in [9.17, 15) is 4.79 Å². The lowest BCUT2D eigenvalue weighted by Crippen LogP contribution is -2.39. The number of carbonyl (C=O) groups is 1. The molecule has 2 N–H and O–H groups in total. The summed E-state index contributed by atoms with van der Waals surface area (Å²) in [5.74, 6) is 0.839. The molecule has 7 nitrogen and oxygen atoms in total. The van der Waals surface area contributed by atoms with Crippen LogP contribution in [0.1, 0.15) is 19.8 Å². The van der Waals surface area contributed by atoms with Gasteiger partial charge < -0.3 is 25.0 Å². The highest BCUT2D eigenvalue weighted by molar-refractivity contribution is 14.0. The average Bonchev–Trinajstić information content (AvgIpc) is 2.45. The minimum Gasteiger partial charge on any atom is -0.382 e. The molecule has 0 spiro atoms. The molecule has 0 heterocycles. The molecule has 0 atom stereocenters. The van der Waals surface area contributed by atoms with Gasteiger partial charge in [-0.3, -0.25) is 9.79 Å². The summed E-state index contributed by atoms with van der Waals surface area (Å²) >= 11 is 0. The Morgan fingerprint density at radius 1 is 1.18 bits per heavy atom. The Morgan fingerprint density at radius 2 is 1.91 bits per heavy atom. The maximum atomic E-state index is 11.5. The van der Waals surface area contributed by atoms with Crippen molar-refractivity contribution in [2.45, 2.75) is 19.8 Å². The van der Waals surface area contributed by atoms with Crippen LogP contribution in [-0.4, -0.2) is 77.4 Å². The van der Waals surface area contributed by atoms with Gasteiger partial charge in [0.15, 0.2) is 5.96 Å². The Kier molecular flexibility index (Phi) is 18.0. The van der Waals surface area contributed by atoms with Crippen molar-refractivity contribution in [3.63, 3.8) is 0 Å². The van der Waals surface area contributed by atoms with Crippen LogP contribution in [0.2, 0.25) is 0 Å². The summed E-state index contributed by atoms with van der Waals surface area (Å²) in [7, 11) is 5.17. The molecule has 132 valence electrons. The number of guanidine groups is 1. The van der Waals surface area contributed by atoms with Gasteiger partial charge in [0, 0.05) is 53.9 Å². The molecule has 8 heteroatoms. The third-order valence-electron chi connectivity index (χ3n) is 2.62. The van der Waals surface area contributed by atoms with E-state index in [1.807, 2.05) is 6.92 Å². The summed E-state index contributed by atoms with van der Waals surface area (Å²) in [6, 6.07) is 0. The van der Waals surface area contributed by atoms with Gasteiger partial charge in [-0.15, -0.1) is 24.0 Å². The molecule has 0 saturated carbocycles. The molecule has 0 rings (SSSR count). The number of carbonyl (C=O) groups excluding carboxylic acids is 1. The highest BCUT2D eigenvalue weighted by atomic mass is 127. The van der Waals surface area contributed by atoms with E-state index in [2.05, 4.69) is 15.6 Å². The third-order valence-corrected chi connectivity index (χ3v) is 2.62. The van der Waals surface area contributed by atoms with Gasteiger partial charge in [0.2, 0.25) is 5.91 Å². The predicted octanol–water partition coefficient (Wildman–Crippen LogP) is 0.691. The second kappa shape index (κ2) is 16.8. The van der Waals surface area contributed by atoms with Crippen molar-refractivity contribution in [3.05, 3.63) is 0 Å². The van der Waals surface area contributed by atoms with Gasteiger partial charge in [-0.1, -0.05) is 0 Å². The van der Waals surface area contributed by atoms with Crippen LogP contribution in [0.25, 0.3) is 0 Å². The monoisotopic (exact) mass is 430 g/mol. The second-order valence-corrected chi connectivity index (χ2v) is 4.68. The number of nitrogens with one attached hydrogen (secondary N) is 2. The molecule has 0 aromatic heterocycles. The zero-order valence-corrected chi connectivity index (χ0v) is 16.5. The van der Waals surface area contributed by atoms with E-state index in [0.29, 0.717) is 39.3 Å². The van der Waals surface area contributed by atoms with Crippen molar-refractivity contribution in [3.8, 4) is 0 Å². The average molecular weight is 430 g/mol. The number of aliphatic imine (C=N–C) groups is 1. The summed E-state index contributed by atoms with van der Waals surface area (Å²) < 4.78 is 10.3. The van der Waals surface area contributed by atoms with Crippen LogP contribution in [0.3, 0.4) is 0 Å². The summed E-state index contributed by atoms with van der Waals surface area (Å²) in [4.78, 5) is 17.5. The molecule has 0 aromatic rings. The molecule has 0 saturated heterocycles. The number of ether oxygens (including phenoxy) is 2. The summed E-state index contributed by atoms with van der Waals surface area (Å²) in [6.45, 7) is 5.97. The quantitative estimate of drug-likeness (QED) is 0.218. The van der Waals surface area contributed by atoms with Crippen molar-refractivity contribution in [1.29, 1.82) is 0 Å². The molecule has 22 heavy (non-hydrogen) atoms. The Balaban J connectivity index is 0. The van der Waals surface area contributed by atoms with Gasteiger partial charge in [0.1, 0.15) is 0 Å². The first-order chi connectivity index (χ1) is 10.1. The lowest BCUT2D eigenvalue weighted by Gasteiger charge is -2.13. The normalized spacial score (nSPS) is 10.8. The molecular weight excluding hydrogens is 399 g/mol. The van der Waals surface area contributed by atoms with E-state index in [1.165, 1.54) is 0 Å². The van der Waals surface area contributed by atoms with E-state index >= 15 is 0 Å². The van der Waals surface area contributed by atoms with Crippen LogP contribution in [0.4, 0.5) is 0 Å². The van der Waals surface area contributed by atoms with E-state index < -0.39 is 0 Å². The molecule has 1 amide bonds. The molecule has 0 radical (unpaired) electrons. The van der Waals surface area contributed by atoms with E-state index in [4.69, 9.17) is 9.47 Å². The van der Waals surface area contributed by atoms with Crippen molar-refractivity contribution < 1.29 is 14.3 Å². The number of rotatable bonds is 11. The standard InChI is InChI=1S/C14H30N4O3.HI/c1-5-15-14(17-9-7-13(19)18(2)3)16-8-6-10-21-12-11-20-4;/h5-12H2,1-4H3,(H2,15,16,17);1H. The van der Waals surface area contributed by atoms with Gasteiger partial charge in [-0.2, -0.15) is 0 Å². The Morgan fingerprint density at radius 3 is 2.50 bits per heavy atom. The van der Waals surface area contributed by atoms with Gasteiger partial charge in [0.05, 0.1) is 13.2 Å². The molecule has 0 aromatic carbocycles. The first kappa shape index (κ1) is 23.7. The maximum Gasteiger partial charge on any atom is 0.223 e. The number of halogens is 1. The molecule has 0 aliphatic carbocycles. The fourth-order valence-corrected chi connectivity index (χ4v) is 1.45. The fraction of sp³-hybridized carbons (Fsp3) is 0.857. The molecule has 0 unspecified atom stereocenters. The Labute approximate surface area is 151 Å². The van der Waals surface area contributed by atoms with Crippen LogP contribution < -0.4 is 10.6 Å². The summed E-state index contributed by atoms with van der Waals surface area (Å²) in [5, 5.41) is 6.30. The number of nitrogens with zero attached hydrogens (tertiary/aromatic N) is 2. The Bertz CT molecular complexity index is 302. The molecule has 0 aliphatic rings. The Hall–Kier alpha value is -0.610. The number of hydrogen-bond acceptors (Lipinski definition) is 4. The zero-order chi connectivity index (χ0) is 15.9. The molecule has 0 aliphatic heterocycles. The molecular formula is C14H31IN4O3. The first-order valence-corrected chi connectivity index (χ1v) is 7.40. The minimum atomic E-state index is 0. The minimum absolute atomic E-state index is 0. The SMILES string of the molecule is CCNC(=NCCCOCCOC)NCCC(=O)N(C)C.I. The van der Waals surface area contributed by atoms with Gasteiger partial charge in [0.25, 0.3) is 0 Å². The van der Waals surface area contributed by atoms with Crippen molar-refractivity contribution >= 4 is 35.8 Å². The van der Waals surface area contributed by atoms with Crippen LogP contribution in [0.15, 0.2) is 4.99 Å². The first-order valence-electron chi connectivity index (χ1n) is 7.40. The van der Waals surface area contributed by atoms with Crippen LogP contribution in [0, 0.1) is 0 Å². The largest absolute Gasteiger partial charge is 0.382 e. The van der Waals surface area contributed by atoms with Crippen LogP contribution >= 0.6 is 24.0 Å². The topological polar surface area (TPSA) is 75.2 Å². The second-order valence-electron chi connectivity index (χ2n) is 4.68. The van der Waals surface area contributed by atoms with Crippen LogP contribution in [0.5, 0.6) is 0 Å². The predicted molar refractivity (Wildman–Crippen MR) is 100 cm³/mol. The van der Waals surface area contributed by atoms with Crippen molar-refractivity contribution in [2.24, 2.45) is 4.99 Å². The highest BCUT2D eigenvalue weighted by Crippen LogP contribution is 1.87. The maximum absolute atomic E-state index is 11.5. The van der Waals surface area contributed by atoms with E-state index in [1.54, 1.807) is 26.1 Å². The number of amides is 1. The van der Waals surface area contributed by atoms with E-state index in [0.717, 1.165) is 18.9 Å².